The lowest BCUT2D eigenvalue weighted by atomic mass is 10.0. The molecule has 1 aliphatic carbocycles. The molecule has 0 atom stereocenters. The molecule has 2 aliphatic rings. The van der Waals surface area contributed by atoms with E-state index in [-0.39, 0.29) is 25.2 Å². The molecule has 1 fully saturated rings. The Morgan fingerprint density at radius 2 is 2.00 bits per heavy atom. The molecule has 4 rings (SSSR count). The van der Waals surface area contributed by atoms with Gasteiger partial charge in [-0.3, -0.25) is 9.59 Å². The van der Waals surface area contributed by atoms with Gasteiger partial charge in [0, 0.05) is 18.6 Å². The Balaban J connectivity index is 1.72. The monoisotopic (exact) mass is 390 g/mol. The smallest absolute Gasteiger partial charge is 0.326 e. The number of benzene rings is 1. The Hall–Kier alpha value is -2.35. The van der Waals surface area contributed by atoms with Crippen LogP contribution in [-0.2, 0) is 20.9 Å². The van der Waals surface area contributed by atoms with Crippen molar-refractivity contribution in [3.05, 3.63) is 16.9 Å². The van der Waals surface area contributed by atoms with Crippen LogP contribution in [0.5, 0.6) is 11.5 Å². The molecular formula is C19H22N2O5S. The zero-order valence-corrected chi connectivity index (χ0v) is 16.0. The fourth-order valence-corrected chi connectivity index (χ4v) is 4.70. The zero-order chi connectivity index (χ0) is 18.8. The van der Waals surface area contributed by atoms with Crippen LogP contribution in [0.3, 0.4) is 0 Å². The lowest BCUT2D eigenvalue weighted by molar-refractivity contribution is -0.143. The van der Waals surface area contributed by atoms with E-state index in [4.69, 9.17) is 14.2 Å². The summed E-state index contributed by atoms with van der Waals surface area (Å²) in [6, 6.07) is 3.69. The molecule has 0 bridgehead atoms. The Bertz CT molecular complexity index is 939. The molecule has 8 heteroatoms. The van der Waals surface area contributed by atoms with Crippen LogP contribution in [0, 0.1) is 5.92 Å². The predicted octanol–water partition coefficient (Wildman–Crippen LogP) is 3.00. The van der Waals surface area contributed by atoms with Crippen molar-refractivity contribution in [3.8, 4) is 11.5 Å². The second-order valence-corrected chi connectivity index (χ2v) is 7.82. The molecule has 1 aromatic heterocycles. The molecular weight excluding hydrogens is 368 g/mol. The molecule has 2 aromatic rings. The highest BCUT2D eigenvalue weighted by molar-refractivity contribution is 7.16. The summed E-state index contributed by atoms with van der Waals surface area (Å²) >= 11 is 1.37. The Labute approximate surface area is 160 Å². The van der Waals surface area contributed by atoms with E-state index in [0.717, 1.165) is 23.1 Å². The summed E-state index contributed by atoms with van der Waals surface area (Å²) in [4.78, 5) is 29.4. The summed E-state index contributed by atoms with van der Waals surface area (Å²) in [5.74, 6) is 1.23. The van der Waals surface area contributed by atoms with Gasteiger partial charge >= 0.3 is 5.97 Å². The number of fused-ring (bicyclic) bond motifs is 2. The van der Waals surface area contributed by atoms with Crippen LogP contribution in [0.1, 0.15) is 39.0 Å². The van der Waals surface area contributed by atoms with Crippen molar-refractivity contribution in [1.29, 1.82) is 0 Å². The largest absolute Gasteiger partial charge is 0.465 e. The van der Waals surface area contributed by atoms with Crippen LogP contribution in [-0.4, -0.2) is 29.8 Å². The predicted molar refractivity (Wildman–Crippen MR) is 99.7 cm³/mol. The summed E-state index contributed by atoms with van der Waals surface area (Å²) in [6.07, 6.45) is 5.04. The minimum Gasteiger partial charge on any atom is -0.465 e. The Morgan fingerprint density at radius 3 is 2.74 bits per heavy atom. The van der Waals surface area contributed by atoms with Gasteiger partial charge in [0.1, 0.15) is 6.54 Å². The van der Waals surface area contributed by atoms with Gasteiger partial charge in [0.25, 0.3) is 0 Å². The minimum absolute atomic E-state index is 0.00300. The number of hydrogen-bond acceptors (Lipinski definition) is 6. The van der Waals surface area contributed by atoms with Gasteiger partial charge in [0.05, 0.1) is 16.8 Å². The lowest BCUT2D eigenvalue weighted by Crippen LogP contribution is -2.23. The summed E-state index contributed by atoms with van der Waals surface area (Å²) < 4.78 is 18.6. The number of hydrogen-bond donors (Lipinski definition) is 0. The molecule has 1 saturated carbocycles. The van der Waals surface area contributed by atoms with Crippen molar-refractivity contribution in [2.24, 2.45) is 10.9 Å². The van der Waals surface area contributed by atoms with E-state index in [9.17, 15) is 9.59 Å². The van der Waals surface area contributed by atoms with E-state index in [1.54, 1.807) is 11.5 Å². The maximum atomic E-state index is 12.5. The first-order chi connectivity index (χ1) is 13.1. The topological polar surface area (TPSA) is 79.1 Å². The number of amides is 1. The molecule has 27 heavy (non-hydrogen) atoms. The van der Waals surface area contributed by atoms with Crippen LogP contribution < -0.4 is 14.3 Å². The minimum atomic E-state index is -0.362. The maximum absolute atomic E-state index is 12.5. The van der Waals surface area contributed by atoms with Crippen molar-refractivity contribution in [1.82, 2.24) is 4.57 Å². The Morgan fingerprint density at radius 1 is 1.26 bits per heavy atom. The summed E-state index contributed by atoms with van der Waals surface area (Å²) in [5, 5.41) is 0. The summed E-state index contributed by atoms with van der Waals surface area (Å²) in [7, 11) is 0. The van der Waals surface area contributed by atoms with Gasteiger partial charge < -0.3 is 18.8 Å². The molecule has 0 N–H and O–H groups in total. The van der Waals surface area contributed by atoms with E-state index < -0.39 is 0 Å². The van der Waals surface area contributed by atoms with Crippen molar-refractivity contribution >= 4 is 33.4 Å². The Kier molecular flexibility index (Phi) is 5.15. The van der Waals surface area contributed by atoms with E-state index >= 15 is 0 Å². The number of aromatic nitrogens is 1. The van der Waals surface area contributed by atoms with Crippen LogP contribution in [0.4, 0.5) is 0 Å². The molecule has 144 valence electrons. The van der Waals surface area contributed by atoms with Gasteiger partial charge in [0.15, 0.2) is 16.3 Å². The number of rotatable bonds is 5. The van der Waals surface area contributed by atoms with Gasteiger partial charge in [0.2, 0.25) is 12.7 Å². The molecule has 0 unspecified atom stereocenters. The van der Waals surface area contributed by atoms with Gasteiger partial charge in [-0.05, 0) is 25.7 Å². The number of carbonyl (C=O) groups excluding carboxylic acids is 2. The van der Waals surface area contributed by atoms with Crippen molar-refractivity contribution in [2.45, 2.75) is 45.6 Å². The van der Waals surface area contributed by atoms with E-state index in [0.29, 0.717) is 35.2 Å². The summed E-state index contributed by atoms with van der Waals surface area (Å²) in [6.45, 7) is 2.26. The van der Waals surface area contributed by atoms with E-state index in [2.05, 4.69) is 4.99 Å². The molecule has 0 saturated heterocycles. The highest BCUT2D eigenvalue weighted by atomic mass is 32.1. The van der Waals surface area contributed by atoms with Crippen LogP contribution in [0.25, 0.3) is 10.2 Å². The maximum Gasteiger partial charge on any atom is 0.326 e. The summed E-state index contributed by atoms with van der Waals surface area (Å²) in [5.41, 5.74) is 0.782. The second-order valence-electron chi connectivity index (χ2n) is 6.81. The van der Waals surface area contributed by atoms with Crippen LogP contribution in [0.2, 0.25) is 0 Å². The van der Waals surface area contributed by atoms with Gasteiger partial charge in [-0.1, -0.05) is 24.2 Å². The third kappa shape index (κ3) is 3.85. The number of carbonyl (C=O) groups is 2. The molecule has 1 amide bonds. The van der Waals surface area contributed by atoms with E-state index in [1.165, 1.54) is 24.2 Å². The quantitative estimate of drug-likeness (QED) is 0.734. The molecule has 1 aliphatic heterocycles. The average molecular weight is 390 g/mol. The highest BCUT2D eigenvalue weighted by Crippen LogP contribution is 2.37. The number of ether oxygens (including phenoxy) is 3. The van der Waals surface area contributed by atoms with Crippen molar-refractivity contribution < 1.29 is 23.8 Å². The van der Waals surface area contributed by atoms with Gasteiger partial charge in [-0.15, -0.1) is 0 Å². The van der Waals surface area contributed by atoms with Crippen LogP contribution in [0.15, 0.2) is 17.1 Å². The number of esters is 1. The zero-order valence-electron chi connectivity index (χ0n) is 15.2. The van der Waals surface area contributed by atoms with Gasteiger partial charge in [-0.2, -0.15) is 4.99 Å². The first-order valence-electron chi connectivity index (χ1n) is 9.30. The van der Waals surface area contributed by atoms with Gasteiger partial charge in [-0.25, -0.2) is 0 Å². The fourth-order valence-electron chi connectivity index (χ4n) is 3.65. The average Bonchev–Trinajstić information content (AvgIpc) is 3.35. The molecule has 0 spiro atoms. The number of nitrogens with zero attached hydrogens (tertiary/aromatic N) is 2. The number of thiazole rings is 1. The molecule has 7 nitrogen and oxygen atoms in total. The third-order valence-electron chi connectivity index (χ3n) is 4.93. The standard InChI is InChI=1S/C19H22N2O5S/c1-2-24-18(23)10-21-13-8-14-15(26-11-25-14)9-16(13)27-19(21)20-17(22)7-12-5-3-4-6-12/h8-9,12H,2-7,10-11H2,1H3. The SMILES string of the molecule is CCOC(=O)Cn1c(=NC(=O)CC2CCCC2)sc2cc3c(cc21)OCO3. The third-order valence-corrected chi connectivity index (χ3v) is 5.97. The normalized spacial score (nSPS) is 17.0. The lowest BCUT2D eigenvalue weighted by Gasteiger charge is -2.06. The highest BCUT2D eigenvalue weighted by Gasteiger charge is 2.21. The second kappa shape index (κ2) is 7.72. The van der Waals surface area contributed by atoms with E-state index in [1.807, 2.05) is 12.1 Å². The molecule has 0 radical (unpaired) electrons. The van der Waals surface area contributed by atoms with Crippen LogP contribution >= 0.6 is 11.3 Å². The van der Waals surface area contributed by atoms with Crippen molar-refractivity contribution in [3.63, 3.8) is 0 Å². The van der Waals surface area contributed by atoms with Crippen molar-refractivity contribution in [2.75, 3.05) is 13.4 Å². The first kappa shape index (κ1) is 18.0. The fraction of sp³-hybridized carbons (Fsp3) is 0.526. The molecule has 2 heterocycles. The molecule has 1 aromatic carbocycles. The first-order valence-corrected chi connectivity index (χ1v) is 10.1.